The van der Waals surface area contributed by atoms with E-state index in [1.165, 1.54) is 28.0 Å². The molecule has 2 heterocycles. The van der Waals surface area contributed by atoms with Gasteiger partial charge >= 0.3 is 0 Å². The monoisotopic (exact) mass is 307 g/mol. The molecule has 0 spiro atoms. The second-order valence-corrected chi connectivity index (χ2v) is 8.36. The topological polar surface area (TPSA) is 15.9 Å². The van der Waals surface area contributed by atoms with E-state index in [0.717, 1.165) is 23.0 Å². The van der Waals surface area contributed by atoms with Crippen molar-refractivity contribution in [2.45, 2.75) is 13.8 Å². The first-order valence-corrected chi connectivity index (χ1v) is 8.82. The molecule has 2 unspecified atom stereocenters. The van der Waals surface area contributed by atoms with E-state index in [4.69, 9.17) is 4.98 Å². The van der Waals surface area contributed by atoms with Crippen LogP contribution in [0.3, 0.4) is 0 Å². The van der Waals surface area contributed by atoms with Crippen LogP contribution in [0.5, 0.6) is 0 Å². The highest BCUT2D eigenvalue weighted by Gasteiger charge is 2.65. The summed E-state index contributed by atoms with van der Waals surface area (Å²) in [5, 5.41) is 1.36. The first-order valence-electron chi connectivity index (χ1n) is 8.00. The van der Waals surface area contributed by atoms with Gasteiger partial charge in [0.2, 0.25) is 5.36 Å². The molecule has 2 fully saturated rings. The number of benzene rings is 2. The first kappa shape index (κ1) is 12.8. The van der Waals surface area contributed by atoms with Gasteiger partial charge in [0.05, 0.1) is 20.8 Å². The average molecular weight is 307 g/mol. The zero-order chi connectivity index (χ0) is 14.9. The molecule has 4 aliphatic rings. The summed E-state index contributed by atoms with van der Waals surface area (Å²) in [6.07, 6.45) is 0. The lowest BCUT2D eigenvalue weighted by Gasteiger charge is -2.08. The van der Waals surface area contributed by atoms with Crippen LogP contribution in [0, 0.1) is 17.3 Å². The van der Waals surface area contributed by atoms with Crippen molar-refractivity contribution in [3.63, 3.8) is 0 Å². The molecule has 0 aromatic heterocycles. The van der Waals surface area contributed by atoms with Crippen LogP contribution in [-0.2, 0) is 0 Å². The van der Waals surface area contributed by atoms with Gasteiger partial charge in [-0.05, 0) is 23.6 Å². The van der Waals surface area contributed by atoms with E-state index < -0.39 is 0 Å². The van der Waals surface area contributed by atoms with Gasteiger partial charge in [-0.1, -0.05) is 26.0 Å². The summed E-state index contributed by atoms with van der Waals surface area (Å²) in [6.45, 7) is 7.26. The Balaban J connectivity index is 1.66. The van der Waals surface area contributed by atoms with E-state index >= 15 is 0 Å². The Bertz CT molecular complexity index is 921. The van der Waals surface area contributed by atoms with Crippen molar-refractivity contribution in [2.75, 3.05) is 13.1 Å². The standard InChI is InChI=1S/C19H19N2S/c1-19(2)13-10-21(11-14(13)19)12-7-8-16-18(9-12)22-17-6-4-3-5-15(17)20-16/h3-9,13-14H,10-11H2,1-2H3/q+1. The summed E-state index contributed by atoms with van der Waals surface area (Å²) in [5.74, 6) is 1.78. The second-order valence-electron chi connectivity index (χ2n) is 7.27. The van der Waals surface area contributed by atoms with Gasteiger partial charge in [-0.3, -0.25) is 0 Å². The molecule has 1 aromatic carbocycles. The average Bonchev–Trinajstić information content (AvgIpc) is 2.91. The molecule has 5 rings (SSSR count). The maximum Gasteiger partial charge on any atom is 0.201 e. The number of fused-ring (bicyclic) bond motifs is 3. The second kappa shape index (κ2) is 4.17. The van der Waals surface area contributed by atoms with Crippen molar-refractivity contribution >= 4 is 21.6 Å². The van der Waals surface area contributed by atoms with Crippen molar-refractivity contribution in [3.05, 3.63) is 47.8 Å². The maximum atomic E-state index is 4.78. The van der Waals surface area contributed by atoms with Gasteiger partial charge in [-0.25, -0.2) is 9.56 Å². The summed E-state index contributed by atoms with van der Waals surface area (Å²) >= 11 is 1.85. The van der Waals surface area contributed by atoms with E-state index in [1.54, 1.807) is 0 Å². The molecule has 0 amide bonds. The van der Waals surface area contributed by atoms with Crippen LogP contribution in [0.25, 0.3) is 20.8 Å². The lowest BCUT2D eigenvalue weighted by Crippen LogP contribution is -2.31. The summed E-state index contributed by atoms with van der Waals surface area (Å²) in [4.78, 5) is 6.07. The number of hydrogen-bond acceptors (Lipinski definition) is 2. The molecule has 2 atom stereocenters. The molecule has 1 aromatic rings. The lowest BCUT2D eigenvalue weighted by atomic mass is 10.1. The predicted octanol–water partition coefficient (Wildman–Crippen LogP) is 3.46. The Hall–Kier alpha value is -1.74. The Kier molecular flexibility index (Phi) is 2.42. The minimum absolute atomic E-state index is 0.577. The van der Waals surface area contributed by atoms with Crippen LogP contribution in [-0.4, -0.2) is 18.1 Å². The SMILES string of the molecule is CC1(C)C2C[N+](=c3ccc4nc5ccccc5sc-4c3)CC21. The molecule has 1 saturated heterocycles. The Morgan fingerprint density at radius 1 is 1.09 bits per heavy atom. The normalized spacial score (nSPS) is 25.6. The quantitative estimate of drug-likeness (QED) is 0.459. The third kappa shape index (κ3) is 1.72. The maximum absolute atomic E-state index is 4.78. The fourth-order valence-electron chi connectivity index (χ4n) is 4.10. The van der Waals surface area contributed by atoms with E-state index in [9.17, 15) is 0 Å². The number of nitrogens with zero attached hydrogens (tertiary/aromatic N) is 2. The number of para-hydroxylation sites is 1. The van der Waals surface area contributed by atoms with E-state index in [2.05, 4.69) is 60.9 Å². The highest BCUT2D eigenvalue weighted by atomic mass is 32.1. The number of aromatic nitrogens is 1. The molecule has 2 aliphatic heterocycles. The fourth-order valence-corrected chi connectivity index (χ4v) is 5.10. The van der Waals surface area contributed by atoms with Crippen molar-refractivity contribution in [2.24, 2.45) is 17.3 Å². The van der Waals surface area contributed by atoms with Crippen LogP contribution in [0.1, 0.15) is 13.8 Å². The molecule has 0 radical (unpaired) electrons. The highest BCUT2D eigenvalue weighted by Crippen LogP contribution is 2.60. The van der Waals surface area contributed by atoms with Crippen LogP contribution in [0.15, 0.2) is 42.5 Å². The summed E-state index contributed by atoms with van der Waals surface area (Å²) in [5.41, 5.74) is 2.78. The number of hydrogen-bond donors (Lipinski definition) is 0. The lowest BCUT2D eigenvalue weighted by molar-refractivity contribution is 0.439. The van der Waals surface area contributed by atoms with Gasteiger partial charge in [0, 0.05) is 24.0 Å². The van der Waals surface area contributed by atoms with E-state index in [1.807, 2.05) is 11.3 Å². The fraction of sp³-hybridized carbons (Fsp3) is 0.368. The van der Waals surface area contributed by atoms with E-state index in [-0.39, 0.29) is 0 Å². The smallest absolute Gasteiger partial charge is 0.201 e. The minimum Gasteiger partial charge on any atom is -0.246 e. The van der Waals surface area contributed by atoms with Gasteiger partial charge in [0.1, 0.15) is 13.1 Å². The first-order chi connectivity index (χ1) is 10.6. The third-order valence-corrected chi connectivity index (χ3v) is 6.87. The molecule has 2 aliphatic carbocycles. The van der Waals surface area contributed by atoms with Crippen LogP contribution in [0.2, 0.25) is 0 Å². The van der Waals surface area contributed by atoms with Gasteiger partial charge in [-0.15, -0.1) is 11.3 Å². The summed E-state index contributed by atoms with van der Waals surface area (Å²) in [6, 6.07) is 15.2. The molecular formula is C19H19N2S+. The summed E-state index contributed by atoms with van der Waals surface area (Å²) in [7, 11) is 0. The zero-order valence-electron chi connectivity index (χ0n) is 12.9. The molecule has 2 nitrogen and oxygen atoms in total. The Morgan fingerprint density at radius 3 is 2.68 bits per heavy atom. The molecule has 3 heteroatoms. The van der Waals surface area contributed by atoms with Gasteiger partial charge < -0.3 is 0 Å². The van der Waals surface area contributed by atoms with Crippen molar-refractivity contribution in [1.29, 1.82) is 0 Å². The molecular weight excluding hydrogens is 288 g/mol. The minimum atomic E-state index is 0.577. The number of rotatable bonds is 0. The third-order valence-electron chi connectivity index (χ3n) is 5.76. The largest absolute Gasteiger partial charge is 0.246 e. The molecule has 0 bridgehead atoms. The van der Waals surface area contributed by atoms with Crippen LogP contribution < -0.4 is 9.93 Å². The molecule has 110 valence electrons. The highest BCUT2D eigenvalue weighted by molar-refractivity contribution is 7.21. The summed E-state index contributed by atoms with van der Waals surface area (Å²) < 4.78 is 3.82. The Morgan fingerprint density at radius 2 is 1.86 bits per heavy atom. The van der Waals surface area contributed by atoms with Gasteiger partial charge in [0.15, 0.2) is 0 Å². The van der Waals surface area contributed by atoms with Crippen molar-refractivity contribution < 1.29 is 0 Å². The Labute approximate surface area is 134 Å². The molecule has 0 N–H and O–H groups in total. The zero-order valence-corrected chi connectivity index (χ0v) is 13.7. The van der Waals surface area contributed by atoms with Gasteiger partial charge in [-0.2, -0.15) is 0 Å². The van der Waals surface area contributed by atoms with E-state index in [0.29, 0.717) is 5.41 Å². The van der Waals surface area contributed by atoms with Gasteiger partial charge in [0.25, 0.3) is 0 Å². The number of piperidine rings is 1. The van der Waals surface area contributed by atoms with Crippen molar-refractivity contribution in [3.8, 4) is 10.6 Å². The van der Waals surface area contributed by atoms with Crippen molar-refractivity contribution in [1.82, 2.24) is 9.56 Å². The van der Waals surface area contributed by atoms with Crippen LogP contribution >= 0.6 is 11.3 Å². The molecule has 1 saturated carbocycles. The molecule has 22 heavy (non-hydrogen) atoms. The predicted molar refractivity (Wildman–Crippen MR) is 92.0 cm³/mol. The van der Waals surface area contributed by atoms with Crippen LogP contribution in [0.4, 0.5) is 0 Å².